The second-order valence-electron chi connectivity index (χ2n) is 7.59. The van der Waals surface area contributed by atoms with Gasteiger partial charge in [-0.2, -0.15) is 0 Å². The van der Waals surface area contributed by atoms with E-state index in [9.17, 15) is 9.59 Å². The summed E-state index contributed by atoms with van der Waals surface area (Å²) in [6.45, 7) is 4.43. The third-order valence-electron chi connectivity index (χ3n) is 5.15. The Labute approximate surface area is 192 Å². The van der Waals surface area contributed by atoms with Crippen LogP contribution in [-0.2, 0) is 11.3 Å². The average Bonchev–Trinajstić information content (AvgIpc) is 2.83. The van der Waals surface area contributed by atoms with Crippen LogP contribution in [0.15, 0.2) is 78.9 Å². The molecule has 0 unspecified atom stereocenters. The number of carbonyl (C=O) groups is 2. The summed E-state index contributed by atoms with van der Waals surface area (Å²) in [6.07, 6.45) is 0. The van der Waals surface area contributed by atoms with Gasteiger partial charge in [0.25, 0.3) is 5.91 Å². The van der Waals surface area contributed by atoms with Crippen molar-refractivity contribution in [3.63, 3.8) is 0 Å². The predicted octanol–water partition coefficient (Wildman–Crippen LogP) is 5.19. The lowest BCUT2D eigenvalue weighted by atomic mass is 10.0. The molecule has 0 aliphatic carbocycles. The Kier molecular flexibility index (Phi) is 6.64. The van der Waals surface area contributed by atoms with E-state index in [2.05, 4.69) is 10.6 Å². The number of rotatable bonds is 7. The highest BCUT2D eigenvalue weighted by Crippen LogP contribution is 2.26. The fraction of sp³-hybridized carbons (Fsp3) is 0.148. The number of amides is 2. The number of benzene rings is 3. The molecule has 0 atom stereocenters. The molecule has 2 N–H and O–H groups in total. The van der Waals surface area contributed by atoms with Gasteiger partial charge in [-0.05, 0) is 48.9 Å². The Balaban J connectivity index is 1.59. The molecule has 1 aromatic heterocycles. The maximum Gasteiger partial charge on any atom is 0.252 e. The molecule has 0 aliphatic rings. The van der Waals surface area contributed by atoms with Crippen molar-refractivity contribution < 1.29 is 14.3 Å². The summed E-state index contributed by atoms with van der Waals surface area (Å²) in [6, 6.07) is 24.5. The van der Waals surface area contributed by atoms with Crippen LogP contribution in [0.1, 0.15) is 29.8 Å². The van der Waals surface area contributed by atoms with Crippen LogP contribution in [0.4, 0.5) is 5.69 Å². The molecule has 0 saturated carbocycles. The minimum absolute atomic E-state index is 0.127. The van der Waals surface area contributed by atoms with Crippen LogP contribution in [0.2, 0.25) is 0 Å². The van der Waals surface area contributed by atoms with Gasteiger partial charge in [-0.15, -0.1) is 0 Å². The lowest BCUT2D eigenvalue weighted by molar-refractivity contribution is -0.114. The molecule has 166 valence electrons. The fourth-order valence-corrected chi connectivity index (χ4v) is 3.59. The van der Waals surface area contributed by atoms with Crippen molar-refractivity contribution in [3.8, 4) is 17.0 Å². The number of hydrogen-bond donors (Lipinski definition) is 2. The van der Waals surface area contributed by atoms with E-state index in [4.69, 9.17) is 9.72 Å². The van der Waals surface area contributed by atoms with Crippen LogP contribution in [0.3, 0.4) is 0 Å². The van der Waals surface area contributed by atoms with Gasteiger partial charge in [0.2, 0.25) is 5.91 Å². The molecule has 33 heavy (non-hydrogen) atoms. The molecule has 0 spiro atoms. The highest BCUT2D eigenvalue weighted by atomic mass is 16.5. The predicted molar refractivity (Wildman–Crippen MR) is 130 cm³/mol. The number of carbonyl (C=O) groups excluding carboxylic acids is 2. The quantitative estimate of drug-likeness (QED) is 0.415. The van der Waals surface area contributed by atoms with E-state index >= 15 is 0 Å². The number of pyridine rings is 1. The molecule has 0 saturated heterocycles. The lowest BCUT2D eigenvalue weighted by Crippen LogP contribution is -2.23. The molecule has 6 heteroatoms. The maximum atomic E-state index is 13.1. The standard InChI is InChI=1S/C27H25N3O3/c1-3-33-22-14-8-19(9-15-22)17-28-27(32)24-16-26(30-25-7-5-4-6-23(24)25)20-10-12-21(13-11-20)29-18(2)31/h4-16H,3,17H2,1-2H3,(H,28,32)(H,29,31). The molecule has 3 aromatic carbocycles. The molecule has 2 amide bonds. The molecular weight excluding hydrogens is 414 g/mol. The molecule has 0 bridgehead atoms. The number of fused-ring (bicyclic) bond motifs is 1. The summed E-state index contributed by atoms with van der Waals surface area (Å²) in [5, 5.41) is 6.56. The molecule has 6 nitrogen and oxygen atoms in total. The van der Waals surface area contributed by atoms with E-state index < -0.39 is 0 Å². The highest BCUT2D eigenvalue weighted by molar-refractivity contribution is 6.07. The zero-order valence-corrected chi connectivity index (χ0v) is 18.6. The second-order valence-corrected chi connectivity index (χ2v) is 7.59. The van der Waals surface area contributed by atoms with Crippen LogP contribution in [0, 0.1) is 0 Å². The third kappa shape index (κ3) is 5.36. The number of nitrogens with one attached hydrogen (secondary N) is 2. The van der Waals surface area contributed by atoms with Gasteiger partial charge in [-0.1, -0.05) is 42.5 Å². The number of nitrogens with zero attached hydrogens (tertiary/aromatic N) is 1. The molecule has 4 rings (SSSR count). The topological polar surface area (TPSA) is 80.3 Å². The molecule has 0 fully saturated rings. The van der Waals surface area contributed by atoms with Crippen LogP contribution >= 0.6 is 0 Å². The largest absolute Gasteiger partial charge is 0.494 e. The van der Waals surface area contributed by atoms with Crippen molar-refractivity contribution in [2.45, 2.75) is 20.4 Å². The van der Waals surface area contributed by atoms with Crippen LogP contribution < -0.4 is 15.4 Å². The van der Waals surface area contributed by atoms with Crippen molar-refractivity contribution in [1.29, 1.82) is 0 Å². The lowest BCUT2D eigenvalue weighted by Gasteiger charge is -2.12. The molecule has 4 aromatic rings. The molecule has 1 heterocycles. The highest BCUT2D eigenvalue weighted by Gasteiger charge is 2.14. The van der Waals surface area contributed by atoms with E-state index in [1.807, 2.05) is 85.8 Å². The van der Waals surface area contributed by atoms with E-state index in [-0.39, 0.29) is 11.8 Å². The van der Waals surface area contributed by atoms with Crippen molar-refractivity contribution in [2.75, 3.05) is 11.9 Å². The Hall–Kier alpha value is -4.19. The SMILES string of the molecule is CCOc1ccc(CNC(=O)c2cc(-c3ccc(NC(C)=O)cc3)nc3ccccc23)cc1. The normalized spacial score (nSPS) is 10.6. The van der Waals surface area contributed by atoms with Gasteiger partial charge in [0, 0.05) is 30.1 Å². The van der Waals surface area contributed by atoms with Crippen LogP contribution in [-0.4, -0.2) is 23.4 Å². The summed E-state index contributed by atoms with van der Waals surface area (Å²) in [5.74, 6) is 0.513. The fourth-order valence-electron chi connectivity index (χ4n) is 3.59. The average molecular weight is 440 g/mol. The first-order valence-electron chi connectivity index (χ1n) is 10.8. The Morgan fingerprint density at radius 2 is 1.67 bits per heavy atom. The number of aromatic nitrogens is 1. The van der Waals surface area contributed by atoms with E-state index in [0.29, 0.717) is 30.1 Å². The summed E-state index contributed by atoms with van der Waals surface area (Å²) >= 11 is 0. The zero-order chi connectivity index (χ0) is 23.2. The second kappa shape index (κ2) is 9.96. The van der Waals surface area contributed by atoms with E-state index in [1.165, 1.54) is 6.92 Å². The van der Waals surface area contributed by atoms with Crippen molar-refractivity contribution in [3.05, 3.63) is 90.0 Å². The van der Waals surface area contributed by atoms with Crippen molar-refractivity contribution in [1.82, 2.24) is 10.3 Å². The Morgan fingerprint density at radius 3 is 2.36 bits per heavy atom. The third-order valence-corrected chi connectivity index (χ3v) is 5.15. The molecule has 0 aliphatic heterocycles. The van der Waals surface area contributed by atoms with Gasteiger partial charge in [0.1, 0.15) is 5.75 Å². The smallest absolute Gasteiger partial charge is 0.252 e. The van der Waals surface area contributed by atoms with E-state index in [1.54, 1.807) is 0 Å². The summed E-state index contributed by atoms with van der Waals surface area (Å²) in [7, 11) is 0. The van der Waals surface area contributed by atoms with Gasteiger partial charge in [-0.3, -0.25) is 9.59 Å². The van der Waals surface area contributed by atoms with Crippen molar-refractivity contribution in [2.24, 2.45) is 0 Å². The number of para-hydroxylation sites is 1. The minimum atomic E-state index is -0.168. The Bertz CT molecular complexity index is 1280. The molecule has 0 radical (unpaired) electrons. The maximum absolute atomic E-state index is 13.1. The number of hydrogen-bond acceptors (Lipinski definition) is 4. The minimum Gasteiger partial charge on any atom is -0.494 e. The van der Waals surface area contributed by atoms with Crippen molar-refractivity contribution >= 4 is 28.4 Å². The van der Waals surface area contributed by atoms with Gasteiger partial charge >= 0.3 is 0 Å². The van der Waals surface area contributed by atoms with Crippen LogP contribution in [0.25, 0.3) is 22.2 Å². The number of anilines is 1. The van der Waals surface area contributed by atoms with Gasteiger partial charge < -0.3 is 15.4 Å². The Morgan fingerprint density at radius 1 is 0.939 bits per heavy atom. The summed E-state index contributed by atoms with van der Waals surface area (Å²) in [5.41, 5.74) is 4.55. The monoisotopic (exact) mass is 439 g/mol. The first-order chi connectivity index (χ1) is 16.0. The zero-order valence-electron chi connectivity index (χ0n) is 18.6. The van der Waals surface area contributed by atoms with Crippen LogP contribution in [0.5, 0.6) is 5.75 Å². The first kappa shape index (κ1) is 22.0. The first-order valence-corrected chi connectivity index (χ1v) is 10.8. The van der Waals surface area contributed by atoms with Gasteiger partial charge in [0.15, 0.2) is 0 Å². The summed E-state index contributed by atoms with van der Waals surface area (Å²) < 4.78 is 5.47. The molecular formula is C27H25N3O3. The summed E-state index contributed by atoms with van der Waals surface area (Å²) in [4.78, 5) is 29.2. The van der Waals surface area contributed by atoms with E-state index in [0.717, 1.165) is 27.8 Å². The number of ether oxygens (including phenoxy) is 1. The van der Waals surface area contributed by atoms with Gasteiger partial charge in [-0.25, -0.2) is 4.98 Å². The van der Waals surface area contributed by atoms with Gasteiger partial charge in [0.05, 0.1) is 23.4 Å².